The SMILES string of the molecule is CCOCCCn1c(SCC(=O)NC(=O)OCC)nc2ccccc2c1=O. The Hall–Kier alpha value is -2.39. The van der Waals surface area contributed by atoms with Crippen molar-refractivity contribution < 1.29 is 19.1 Å². The number of alkyl carbamates (subject to hydrolysis) is 1. The molecule has 2 amide bonds. The van der Waals surface area contributed by atoms with Crippen LogP contribution in [0.3, 0.4) is 0 Å². The van der Waals surface area contributed by atoms with Gasteiger partial charge in [0.15, 0.2) is 5.16 Å². The molecule has 0 bridgehead atoms. The fourth-order valence-electron chi connectivity index (χ4n) is 2.37. The van der Waals surface area contributed by atoms with Crippen LogP contribution in [0.5, 0.6) is 0 Å². The van der Waals surface area contributed by atoms with Crippen LogP contribution in [0.1, 0.15) is 20.3 Å². The van der Waals surface area contributed by atoms with E-state index in [0.29, 0.717) is 42.2 Å². The highest BCUT2D eigenvalue weighted by Gasteiger charge is 2.14. The average Bonchev–Trinajstić information content (AvgIpc) is 2.65. The zero-order chi connectivity index (χ0) is 19.6. The minimum Gasteiger partial charge on any atom is -0.450 e. The molecule has 0 atom stereocenters. The molecule has 146 valence electrons. The summed E-state index contributed by atoms with van der Waals surface area (Å²) in [6.07, 6.45) is -0.139. The second-order valence-electron chi connectivity index (χ2n) is 5.48. The molecular formula is C18H23N3O5S. The third kappa shape index (κ3) is 6.07. The molecule has 1 aromatic carbocycles. The highest BCUT2D eigenvalue weighted by Crippen LogP contribution is 2.18. The van der Waals surface area contributed by atoms with Crippen LogP contribution in [0.4, 0.5) is 4.79 Å². The Kier molecular flexibility index (Phi) is 8.28. The van der Waals surface area contributed by atoms with E-state index >= 15 is 0 Å². The Balaban J connectivity index is 2.18. The fourth-order valence-corrected chi connectivity index (χ4v) is 3.20. The van der Waals surface area contributed by atoms with E-state index in [1.165, 1.54) is 0 Å². The molecule has 0 aliphatic rings. The van der Waals surface area contributed by atoms with Gasteiger partial charge in [-0.15, -0.1) is 0 Å². The maximum atomic E-state index is 12.8. The predicted molar refractivity (Wildman–Crippen MR) is 103 cm³/mol. The van der Waals surface area contributed by atoms with Crippen molar-refractivity contribution in [2.45, 2.75) is 32.0 Å². The number of nitrogens with zero attached hydrogens (tertiary/aromatic N) is 2. The monoisotopic (exact) mass is 393 g/mol. The molecule has 2 aromatic rings. The second-order valence-corrected chi connectivity index (χ2v) is 6.42. The highest BCUT2D eigenvalue weighted by molar-refractivity contribution is 7.99. The number of carbonyl (C=O) groups is 2. The fraction of sp³-hybridized carbons (Fsp3) is 0.444. The molecule has 8 nitrogen and oxygen atoms in total. The van der Waals surface area contributed by atoms with E-state index in [1.807, 2.05) is 6.92 Å². The van der Waals surface area contributed by atoms with Crippen molar-refractivity contribution in [2.75, 3.05) is 25.6 Å². The number of imide groups is 1. The Labute approximate surface area is 161 Å². The predicted octanol–water partition coefficient (Wildman–Crippen LogP) is 2.19. The van der Waals surface area contributed by atoms with Gasteiger partial charge in [0.2, 0.25) is 5.91 Å². The zero-order valence-corrected chi connectivity index (χ0v) is 16.2. The standard InChI is InChI=1S/C18H23N3O5S/c1-3-25-11-7-10-21-16(23)13-8-5-6-9-14(13)19-17(21)27-12-15(22)20-18(24)26-4-2/h5-6,8-9H,3-4,7,10-12H2,1-2H3,(H,20,22,24). The number of hydrogen-bond donors (Lipinski definition) is 1. The first-order valence-corrected chi connectivity index (χ1v) is 9.72. The Morgan fingerprint density at radius 2 is 2.00 bits per heavy atom. The first-order valence-electron chi connectivity index (χ1n) is 8.73. The molecule has 1 heterocycles. The van der Waals surface area contributed by atoms with E-state index in [9.17, 15) is 14.4 Å². The van der Waals surface area contributed by atoms with Gasteiger partial charge in [0.25, 0.3) is 5.56 Å². The number of thioether (sulfide) groups is 1. The summed E-state index contributed by atoms with van der Waals surface area (Å²) in [6, 6.07) is 7.07. The zero-order valence-electron chi connectivity index (χ0n) is 15.4. The quantitative estimate of drug-likeness (QED) is 0.396. The summed E-state index contributed by atoms with van der Waals surface area (Å²) in [4.78, 5) is 40.5. The number of ether oxygens (including phenoxy) is 2. The third-order valence-electron chi connectivity index (χ3n) is 3.55. The van der Waals surface area contributed by atoms with E-state index in [1.54, 1.807) is 35.8 Å². The van der Waals surface area contributed by atoms with Gasteiger partial charge in [-0.1, -0.05) is 23.9 Å². The van der Waals surface area contributed by atoms with Gasteiger partial charge in [0.1, 0.15) is 0 Å². The Morgan fingerprint density at radius 3 is 2.74 bits per heavy atom. The molecule has 0 aliphatic heterocycles. The molecule has 1 N–H and O–H groups in total. The van der Waals surface area contributed by atoms with Gasteiger partial charge < -0.3 is 9.47 Å². The van der Waals surface area contributed by atoms with Gasteiger partial charge in [-0.05, 0) is 32.4 Å². The number of carbonyl (C=O) groups excluding carboxylic acids is 2. The molecular weight excluding hydrogens is 370 g/mol. The molecule has 27 heavy (non-hydrogen) atoms. The van der Waals surface area contributed by atoms with E-state index in [-0.39, 0.29) is 17.9 Å². The van der Waals surface area contributed by atoms with Crippen LogP contribution in [0.15, 0.2) is 34.2 Å². The lowest BCUT2D eigenvalue weighted by atomic mass is 10.2. The van der Waals surface area contributed by atoms with Crippen molar-refractivity contribution in [3.8, 4) is 0 Å². The van der Waals surface area contributed by atoms with Crippen molar-refractivity contribution in [2.24, 2.45) is 0 Å². The largest absolute Gasteiger partial charge is 0.450 e. The lowest BCUT2D eigenvalue weighted by Crippen LogP contribution is -2.32. The molecule has 0 spiro atoms. The van der Waals surface area contributed by atoms with Crippen molar-refractivity contribution in [1.82, 2.24) is 14.9 Å². The number of amides is 2. The van der Waals surface area contributed by atoms with Crippen LogP contribution in [0, 0.1) is 0 Å². The van der Waals surface area contributed by atoms with E-state index in [0.717, 1.165) is 11.8 Å². The highest BCUT2D eigenvalue weighted by atomic mass is 32.2. The van der Waals surface area contributed by atoms with E-state index < -0.39 is 12.0 Å². The molecule has 0 saturated heterocycles. The van der Waals surface area contributed by atoms with Crippen molar-refractivity contribution in [1.29, 1.82) is 0 Å². The molecule has 9 heteroatoms. The number of fused-ring (bicyclic) bond motifs is 1. The van der Waals surface area contributed by atoms with E-state index in [2.05, 4.69) is 15.0 Å². The van der Waals surface area contributed by atoms with Crippen molar-refractivity contribution in [3.63, 3.8) is 0 Å². The van der Waals surface area contributed by atoms with Gasteiger partial charge in [-0.2, -0.15) is 0 Å². The van der Waals surface area contributed by atoms with Gasteiger partial charge in [-0.25, -0.2) is 9.78 Å². The summed E-state index contributed by atoms with van der Waals surface area (Å²) in [7, 11) is 0. The minimum absolute atomic E-state index is 0.0605. The summed E-state index contributed by atoms with van der Waals surface area (Å²) in [5.74, 6) is -0.573. The normalized spacial score (nSPS) is 10.7. The number of aromatic nitrogens is 2. The summed E-state index contributed by atoms with van der Waals surface area (Å²) in [6.45, 7) is 5.31. The van der Waals surface area contributed by atoms with Gasteiger partial charge >= 0.3 is 6.09 Å². The van der Waals surface area contributed by atoms with Crippen LogP contribution in [0.2, 0.25) is 0 Å². The Morgan fingerprint density at radius 1 is 1.22 bits per heavy atom. The average molecular weight is 393 g/mol. The number of nitrogens with one attached hydrogen (secondary N) is 1. The van der Waals surface area contributed by atoms with Crippen LogP contribution in [0.25, 0.3) is 10.9 Å². The number of benzene rings is 1. The molecule has 2 rings (SSSR count). The number of para-hydroxylation sites is 1. The molecule has 0 saturated carbocycles. The molecule has 1 aromatic heterocycles. The molecule has 0 fully saturated rings. The first-order chi connectivity index (χ1) is 13.1. The summed E-state index contributed by atoms with van der Waals surface area (Å²) in [5, 5.41) is 3.07. The second kappa shape index (κ2) is 10.7. The number of rotatable bonds is 9. The number of hydrogen-bond acceptors (Lipinski definition) is 7. The Bertz CT molecular complexity index is 852. The topological polar surface area (TPSA) is 99.5 Å². The lowest BCUT2D eigenvalue weighted by molar-refractivity contribution is -0.117. The maximum Gasteiger partial charge on any atom is 0.413 e. The van der Waals surface area contributed by atoms with Crippen LogP contribution >= 0.6 is 11.8 Å². The van der Waals surface area contributed by atoms with Crippen LogP contribution in [-0.4, -0.2) is 47.1 Å². The smallest absolute Gasteiger partial charge is 0.413 e. The molecule has 0 radical (unpaired) electrons. The summed E-state index contributed by atoms with van der Waals surface area (Å²) in [5.41, 5.74) is 0.405. The summed E-state index contributed by atoms with van der Waals surface area (Å²) < 4.78 is 11.6. The molecule has 0 unspecified atom stereocenters. The third-order valence-corrected chi connectivity index (χ3v) is 4.53. The van der Waals surface area contributed by atoms with Gasteiger partial charge in [0.05, 0.1) is 23.3 Å². The van der Waals surface area contributed by atoms with E-state index in [4.69, 9.17) is 4.74 Å². The van der Waals surface area contributed by atoms with Crippen LogP contribution in [-0.2, 0) is 20.8 Å². The van der Waals surface area contributed by atoms with Crippen molar-refractivity contribution >= 4 is 34.7 Å². The van der Waals surface area contributed by atoms with Crippen molar-refractivity contribution in [3.05, 3.63) is 34.6 Å². The lowest BCUT2D eigenvalue weighted by Gasteiger charge is -2.13. The minimum atomic E-state index is -0.788. The first kappa shape index (κ1) is 20.9. The maximum absolute atomic E-state index is 12.8. The van der Waals surface area contributed by atoms with Gasteiger partial charge in [-0.3, -0.25) is 19.5 Å². The molecule has 0 aliphatic carbocycles. The van der Waals surface area contributed by atoms with Gasteiger partial charge in [0, 0.05) is 19.8 Å². The van der Waals surface area contributed by atoms with Crippen LogP contribution < -0.4 is 10.9 Å². The summed E-state index contributed by atoms with van der Waals surface area (Å²) >= 11 is 1.10.